The SMILES string of the molecule is CCOC(=O)CN=C(OCC)c1csc2nc(C)[c]n12. The van der Waals surface area contributed by atoms with E-state index in [9.17, 15) is 4.79 Å². The maximum absolute atomic E-state index is 11.4. The second-order valence-electron chi connectivity index (χ2n) is 3.91. The molecule has 0 saturated heterocycles. The molecule has 6 nitrogen and oxygen atoms in total. The zero-order chi connectivity index (χ0) is 14.5. The van der Waals surface area contributed by atoms with Crippen molar-refractivity contribution in [2.45, 2.75) is 20.8 Å². The molecular formula is C13H16N3O3S. The van der Waals surface area contributed by atoms with Crippen molar-refractivity contribution >= 4 is 28.2 Å². The number of hydrogen-bond donors (Lipinski definition) is 0. The number of carbonyl (C=O) groups excluding carboxylic acids is 1. The molecule has 2 aromatic rings. The number of hydrogen-bond acceptors (Lipinski definition) is 6. The Hall–Kier alpha value is -1.89. The number of ether oxygens (including phenoxy) is 2. The second kappa shape index (κ2) is 6.51. The number of imidazole rings is 1. The smallest absolute Gasteiger partial charge is 0.327 e. The van der Waals surface area contributed by atoms with Gasteiger partial charge in [0.05, 0.1) is 25.1 Å². The van der Waals surface area contributed by atoms with Crippen LogP contribution >= 0.6 is 11.3 Å². The maximum Gasteiger partial charge on any atom is 0.327 e. The van der Waals surface area contributed by atoms with Crippen LogP contribution in [0.5, 0.6) is 0 Å². The number of aromatic nitrogens is 2. The minimum Gasteiger partial charge on any atom is -0.477 e. The molecule has 0 aliphatic carbocycles. The van der Waals surface area contributed by atoms with Gasteiger partial charge in [0.2, 0.25) is 5.90 Å². The highest BCUT2D eigenvalue weighted by Gasteiger charge is 2.14. The highest BCUT2D eigenvalue weighted by molar-refractivity contribution is 7.15. The van der Waals surface area contributed by atoms with Crippen LogP contribution in [0.15, 0.2) is 10.4 Å². The van der Waals surface area contributed by atoms with E-state index in [4.69, 9.17) is 9.47 Å². The molecule has 0 spiro atoms. The predicted molar refractivity (Wildman–Crippen MR) is 76.3 cm³/mol. The van der Waals surface area contributed by atoms with E-state index < -0.39 is 0 Å². The lowest BCUT2D eigenvalue weighted by Crippen LogP contribution is -2.14. The topological polar surface area (TPSA) is 65.2 Å². The first-order chi connectivity index (χ1) is 9.65. The average molecular weight is 294 g/mol. The summed E-state index contributed by atoms with van der Waals surface area (Å²) in [6, 6.07) is 0. The van der Waals surface area contributed by atoms with Gasteiger partial charge in [-0.3, -0.25) is 9.20 Å². The first-order valence-electron chi connectivity index (χ1n) is 6.34. The van der Waals surface area contributed by atoms with Crippen LogP contribution in [0.2, 0.25) is 0 Å². The molecule has 0 atom stereocenters. The molecule has 2 heterocycles. The number of rotatable bonds is 5. The van der Waals surface area contributed by atoms with Crippen molar-refractivity contribution in [3.05, 3.63) is 23.0 Å². The molecule has 0 unspecified atom stereocenters. The number of thiazole rings is 1. The number of fused-ring (bicyclic) bond motifs is 1. The van der Waals surface area contributed by atoms with Crippen molar-refractivity contribution in [2.75, 3.05) is 19.8 Å². The summed E-state index contributed by atoms with van der Waals surface area (Å²) in [5.41, 5.74) is 1.55. The number of esters is 1. The van der Waals surface area contributed by atoms with Gasteiger partial charge in [-0.25, -0.2) is 9.98 Å². The Morgan fingerprint density at radius 3 is 2.90 bits per heavy atom. The van der Waals surface area contributed by atoms with E-state index in [0.29, 0.717) is 19.1 Å². The third-order valence-electron chi connectivity index (χ3n) is 2.40. The van der Waals surface area contributed by atoms with E-state index in [-0.39, 0.29) is 12.5 Å². The van der Waals surface area contributed by atoms with Crippen molar-refractivity contribution in [1.29, 1.82) is 0 Å². The molecule has 0 bridgehead atoms. The van der Waals surface area contributed by atoms with Gasteiger partial charge in [0.25, 0.3) is 0 Å². The van der Waals surface area contributed by atoms with Crippen LogP contribution in [-0.2, 0) is 14.3 Å². The normalized spacial score (nSPS) is 11.8. The Morgan fingerprint density at radius 2 is 2.20 bits per heavy atom. The zero-order valence-corrected chi connectivity index (χ0v) is 12.5. The van der Waals surface area contributed by atoms with Crippen molar-refractivity contribution in [2.24, 2.45) is 4.99 Å². The molecule has 0 aliphatic heterocycles. The van der Waals surface area contributed by atoms with Gasteiger partial charge in [-0.2, -0.15) is 0 Å². The van der Waals surface area contributed by atoms with Crippen LogP contribution in [-0.4, -0.2) is 41.0 Å². The Bertz CT molecular complexity index is 630. The standard InChI is InChI=1S/C13H16N3O3S/c1-4-18-11(17)6-14-12(19-5-2)10-8-20-13-15-9(3)7-16(10)13/h8H,4-6H2,1-3H3. The molecule has 0 aromatic carbocycles. The van der Waals surface area contributed by atoms with Crippen molar-refractivity contribution < 1.29 is 14.3 Å². The highest BCUT2D eigenvalue weighted by atomic mass is 32.1. The quantitative estimate of drug-likeness (QED) is 0.479. The summed E-state index contributed by atoms with van der Waals surface area (Å²) in [5.74, 6) is 0.0300. The van der Waals surface area contributed by atoms with Gasteiger partial charge in [-0.1, -0.05) is 0 Å². The molecule has 0 aliphatic rings. The van der Waals surface area contributed by atoms with E-state index >= 15 is 0 Å². The number of aryl methyl sites for hydroxylation is 1. The summed E-state index contributed by atoms with van der Waals surface area (Å²) in [4.78, 5) is 20.7. The lowest BCUT2D eigenvalue weighted by molar-refractivity contribution is -0.141. The molecule has 0 saturated carbocycles. The Kier molecular flexibility index (Phi) is 4.73. The van der Waals surface area contributed by atoms with E-state index in [2.05, 4.69) is 16.2 Å². The van der Waals surface area contributed by atoms with Crippen LogP contribution in [0.25, 0.3) is 4.96 Å². The van der Waals surface area contributed by atoms with E-state index in [1.807, 2.05) is 19.2 Å². The zero-order valence-electron chi connectivity index (χ0n) is 11.7. The molecule has 0 amide bonds. The maximum atomic E-state index is 11.4. The lowest BCUT2D eigenvalue weighted by Gasteiger charge is -2.06. The fourth-order valence-electron chi connectivity index (χ4n) is 1.66. The first kappa shape index (κ1) is 14.5. The third-order valence-corrected chi connectivity index (χ3v) is 3.23. The minimum atomic E-state index is -0.373. The molecule has 7 heteroatoms. The molecule has 20 heavy (non-hydrogen) atoms. The number of aliphatic imine (C=N–C) groups is 1. The van der Waals surface area contributed by atoms with Crippen LogP contribution in [0.1, 0.15) is 25.2 Å². The summed E-state index contributed by atoms with van der Waals surface area (Å²) >= 11 is 1.48. The Labute approximate surface area is 121 Å². The summed E-state index contributed by atoms with van der Waals surface area (Å²) in [6.45, 7) is 6.25. The van der Waals surface area contributed by atoms with Crippen LogP contribution in [0.4, 0.5) is 0 Å². The molecule has 107 valence electrons. The minimum absolute atomic E-state index is 0.0613. The number of nitrogens with zero attached hydrogens (tertiary/aromatic N) is 3. The van der Waals surface area contributed by atoms with Gasteiger partial charge >= 0.3 is 5.97 Å². The molecule has 1 radical (unpaired) electrons. The average Bonchev–Trinajstić information content (AvgIpc) is 2.94. The van der Waals surface area contributed by atoms with Gasteiger partial charge in [0, 0.05) is 5.38 Å². The summed E-state index contributed by atoms with van der Waals surface area (Å²) < 4.78 is 12.2. The molecule has 0 fully saturated rings. The predicted octanol–water partition coefficient (Wildman–Crippen LogP) is 1.85. The largest absolute Gasteiger partial charge is 0.477 e. The van der Waals surface area contributed by atoms with Crippen molar-refractivity contribution in [3.8, 4) is 0 Å². The van der Waals surface area contributed by atoms with Crippen molar-refractivity contribution in [3.63, 3.8) is 0 Å². The van der Waals surface area contributed by atoms with Crippen LogP contribution in [0.3, 0.4) is 0 Å². The van der Waals surface area contributed by atoms with E-state index in [1.165, 1.54) is 11.3 Å². The van der Waals surface area contributed by atoms with E-state index in [0.717, 1.165) is 16.3 Å². The van der Waals surface area contributed by atoms with Gasteiger partial charge in [-0.05, 0) is 20.8 Å². The van der Waals surface area contributed by atoms with Gasteiger partial charge in [-0.15, -0.1) is 11.3 Å². The van der Waals surface area contributed by atoms with Gasteiger partial charge in [0.15, 0.2) is 4.96 Å². The Balaban J connectivity index is 2.27. The molecule has 2 aromatic heterocycles. The molecular weight excluding hydrogens is 278 g/mol. The Morgan fingerprint density at radius 1 is 1.45 bits per heavy atom. The van der Waals surface area contributed by atoms with Gasteiger partial charge < -0.3 is 9.47 Å². The monoisotopic (exact) mass is 294 g/mol. The first-order valence-corrected chi connectivity index (χ1v) is 7.22. The van der Waals surface area contributed by atoms with Crippen LogP contribution < -0.4 is 0 Å². The fourth-order valence-corrected chi connectivity index (χ4v) is 2.52. The number of carbonyl (C=O) groups is 1. The second-order valence-corrected chi connectivity index (χ2v) is 4.74. The van der Waals surface area contributed by atoms with Crippen LogP contribution in [0, 0.1) is 13.1 Å². The fraction of sp³-hybridized carbons (Fsp3) is 0.462. The highest BCUT2D eigenvalue weighted by Crippen LogP contribution is 2.17. The molecule has 2 rings (SSSR count). The summed E-state index contributed by atoms with van der Waals surface area (Å²) in [7, 11) is 0. The molecule has 0 N–H and O–H groups in total. The summed E-state index contributed by atoms with van der Waals surface area (Å²) in [6.07, 6.45) is 3.10. The van der Waals surface area contributed by atoms with Crippen molar-refractivity contribution in [1.82, 2.24) is 9.38 Å². The van der Waals surface area contributed by atoms with Gasteiger partial charge in [0.1, 0.15) is 12.2 Å². The lowest BCUT2D eigenvalue weighted by atomic mass is 10.4. The third kappa shape index (κ3) is 3.16. The van der Waals surface area contributed by atoms with E-state index in [1.54, 1.807) is 11.3 Å². The summed E-state index contributed by atoms with van der Waals surface area (Å²) in [5, 5.41) is 1.89.